The Morgan fingerprint density at radius 1 is 0.870 bits per heavy atom. The topological polar surface area (TPSA) is 116 Å². The molecule has 0 spiro atoms. The van der Waals surface area contributed by atoms with Gasteiger partial charge in [0.25, 0.3) is 0 Å². The molecule has 0 aliphatic heterocycles. The van der Waals surface area contributed by atoms with E-state index < -0.39 is 7.60 Å². The fourth-order valence-corrected chi connectivity index (χ4v) is 6.82. The number of hydrogen-bond acceptors (Lipinski definition) is 6. The van der Waals surface area contributed by atoms with Crippen LogP contribution >= 0.6 is 30.8 Å². The number of hydrogen-bond donors (Lipinski definition) is 1. The van der Waals surface area contributed by atoms with Crippen LogP contribution in [0.25, 0.3) is 0 Å². The van der Waals surface area contributed by atoms with Crippen molar-refractivity contribution >= 4 is 48.4 Å². The largest absolute Gasteiger partial charge is 0.779 e. The minimum absolute atomic E-state index is 0.0339. The smallest absolute Gasteiger partial charge is 0.222 e. The minimum atomic E-state index is -3.65. The van der Waals surface area contributed by atoms with Gasteiger partial charge in [-0.15, -0.1) is 0 Å². The summed E-state index contributed by atoms with van der Waals surface area (Å²) < 4.78 is 15.7. The summed E-state index contributed by atoms with van der Waals surface area (Å²) in [6, 6.07) is 14.2. The summed E-state index contributed by atoms with van der Waals surface area (Å²) in [7, 11) is -1.75. The fraction of sp³-hybridized carbons (Fsp3) is 0.571. The van der Waals surface area contributed by atoms with E-state index in [-0.39, 0.29) is 49.0 Å². The van der Waals surface area contributed by atoms with E-state index in [9.17, 15) is 23.8 Å². The number of fused-ring (bicyclic) bond motifs is 1. The van der Waals surface area contributed by atoms with Crippen LogP contribution in [0, 0.1) is 0 Å². The number of nitrogens with zero attached hydrogens (tertiary/aromatic N) is 1. The molecule has 1 aliphatic rings. The molecule has 1 unspecified atom stereocenters. The first-order valence-electron chi connectivity index (χ1n) is 16.5. The fourth-order valence-electron chi connectivity index (χ4n) is 6.05. The molecule has 0 saturated heterocycles. The zero-order chi connectivity index (χ0) is 33.5. The molecule has 0 heterocycles. The molecule has 3 atom stereocenters. The lowest BCUT2D eigenvalue weighted by Crippen LogP contribution is -2.34. The van der Waals surface area contributed by atoms with E-state index >= 15 is 0 Å². The van der Waals surface area contributed by atoms with Gasteiger partial charge in [-0.2, -0.15) is 0 Å². The minimum Gasteiger partial charge on any atom is -0.779 e. The van der Waals surface area contributed by atoms with Gasteiger partial charge in [-0.3, -0.25) is 14.4 Å². The molecule has 2 amide bonds. The van der Waals surface area contributed by atoms with Gasteiger partial charge in [-0.25, -0.2) is 0 Å². The molecule has 8 nitrogen and oxygen atoms in total. The highest BCUT2D eigenvalue weighted by Crippen LogP contribution is 2.44. The SMILES string of the molecule is CN(C(=O)CCCCCCC(=O)CCC(=O)NCCCCCCOP(C)(=O)[O-])[C@H]1CC[C@@H](c2ccc(Cl)c(Cl)c2)c2ccccc21. The zero-order valence-corrected chi connectivity index (χ0v) is 29.5. The molecule has 2 aromatic rings. The van der Waals surface area contributed by atoms with Gasteiger partial charge in [0.15, 0.2) is 0 Å². The lowest BCUT2D eigenvalue weighted by atomic mass is 9.76. The van der Waals surface area contributed by atoms with Crippen LogP contribution in [-0.4, -0.2) is 49.4 Å². The third-order valence-corrected chi connectivity index (χ3v) is 10.0. The van der Waals surface area contributed by atoms with Gasteiger partial charge in [-0.05, 0) is 67.3 Å². The Balaban J connectivity index is 1.27. The van der Waals surface area contributed by atoms with E-state index in [1.54, 1.807) is 0 Å². The second-order valence-corrected chi connectivity index (χ2v) is 14.9. The van der Waals surface area contributed by atoms with E-state index in [0.29, 0.717) is 35.9 Å². The molecule has 1 N–H and O–H groups in total. The number of unbranched alkanes of at least 4 members (excludes halogenated alkanes) is 6. The van der Waals surface area contributed by atoms with Gasteiger partial charge in [0.2, 0.25) is 11.8 Å². The maximum atomic E-state index is 13.1. The van der Waals surface area contributed by atoms with Crippen molar-refractivity contribution in [3.8, 4) is 0 Å². The Morgan fingerprint density at radius 2 is 1.54 bits per heavy atom. The molecule has 2 aromatic carbocycles. The highest BCUT2D eigenvalue weighted by Gasteiger charge is 2.32. The van der Waals surface area contributed by atoms with Crippen LogP contribution in [-0.2, 0) is 23.5 Å². The lowest BCUT2D eigenvalue weighted by molar-refractivity contribution is -0.196. The molecule has 0 aromatic heterocycles. The number of halogens is 2. The molecule has 11 heteroatoms. The number of carbonyl (C=O) groups is 3. The molecule has 0 radical (unpaired) electrons. The third-order valence-electron chi connectivity index (χ3n) is 8.61. The summed E-state index contributed by atoms with van der Waals surface area (Å²) in [5, 5.41) is 3.93. The van der Waals surface area contributed by atoms with Gasteiger partial charge in [0.1, 0.15) is 13.4 Å². The van der Waals surface area contributed by atoms with Crippen LogP contribution in [0.3, 0.4) is 0 Å². The predicted molar refractivity (Wildman–Crippen MR) is 182 cm³/mol. The zero-order valence-electron chi connectivity index (χ0n) is 27.1. The number of benzene rings is 2. The van der Waals surface area contributed by atoms with E-state index in [2.05, 4.69) is 17.4 Å². The Labute approximate surface area is 284 Å². The van der Waals surface area contributed by atoms with E-state index in [4.69, 9.17) is 27.7 Å². The number of Topliss-reactive ketones (excluding diaryl/α,β-unsaturated/α-hetero) is 1. The quantitative estimate of drug-likeness (QED) is 0.111. The second kappa shape index (κ2) is 19.6. The standard InChI is InChI=1S/C35H49Cl2N2O6P/c1-39(33-21-19-28(29-14-9-10-15-30(29)33)26-17-20-31(36)32(37)25-26)35(42)16-8-4-3-7-13-27(40)18-22-34(41)38-23-11-5-6-12-24-45-46(2,43)44/h9-10,14-15,17,20,25,28,33H,3-8,11-13,16,18-19,21-24H2,1-2H3,(H,38,41)(H,43,44)/p-1/t28-,33-/m0/s1. The summed E-state index contributed by atoms with van der Waals surface area (Å²) in [4.78, 5) is 50.2. The first kappa shape index (κ1) is 38.2. The van der Waals surface area contributed by atoms with E-state index in [1.165, 1.54) is 11.1 Å². The molecule has 46 heavy (non-hydrogen) atoms. The number of rotatable bonds is 20. The summed E-state index contributed by atoms with van der Waals surface area (Å²) in [6.07, 6.45) is 9.63. The van der Waals surface area contributed by atoms with Crippen molar-refractivity contribution in [2.75, 3.05) is 26.9 Å². The Morgan fingerprint density at radius 3 is 2.26 bits per heavy atom. The lowest BCUT2D eigenvalue weighted by Gasteiger charge is -2.37. The highest BCUT2D eigenvalue weighted by atomic mass is 35.5. The second-order valence-electron chi connectivity index (χ2n) is 12.3. The maximum Gasteiger partial charge on any atom is 0.222 e. The number of carbonyl (C=O) groups excluding carboxylic acids is 3. The number of amides is 2. The van der Waals surface area contributed by atoms with Crippen molar-refractivity contribution in [3.63, 3.8) is 0 Å². The van der Waals surface area contributed by atoms with Crippen molar-refractivity contribution in [2.45, 2.75) is 102 Å². The molecule has 1 aliphatic carbocycles. The monoisotopic (exact) mass is 693 g/mol. The molecule has 0 fully saturated rings. The predicted octanol–water partition coefficient (Wildman–Crippen LogP) is 7.98. The van der Waals surface area contributed by atoms with Crippen LogP contribution in [0.1, 0.15) is 119 Å². The highest BCUT2D eigenvalue weighted by molar-refractivity contribution is 7.50. The first-order valence-corrected chi connectivity index (χ1v) is 19.2. The van der Waals surface area contributed by atoms with Crippen molar-refractivity contribution in [2.24, 2.45) is 0 Å². The van der Waals surface area contributed by atoms with Crippen molar-refractivity contribution in [3.05, 3.63) is 69.2 Å². The van der Waals surface area contributed by atoms with Crippen molar-refractivity contribution < 1.29 is 28.4 Å². The van der Waals surface area contributed by atoms with Gasteiger partial charge < -0.3 is 24.2 Å². The Hall–Kier alpha value is -2.22. The van der Waals surface area contributed by atoms with Gasteiger partial charge in [-0.1, -0.05) is 79.2 Å². The molecular weight excluding hydrogens is 646 g/mol. The summed E-state index contributed by atoms with van der Waals surface area (Å²) in [6.45, 7) is 1.80. The van der Waals surface area contributed by atoms with Crippen LogP contribution in [0.5, 0.6) is 0 Å². The molecule has 0 saturated carbocycles. The van der Waals surface area contributed by atoms with E-state index in [1.807, 2.05) is 42.3 Å². The third kappa shape index (κ3) is 13.1. The summed E-state index contributed by atoms with van der Waals surface area (Å²) >= 11 is 12.5. The average Bonchev–Trinajstić information content (AvgIpc) is 3.02. The van der Waals surface area contributed by atoms with Crippen LogP contribution in [0.4, 0.5) is 0 Å². The van der Waals surface area contributed by atoms with Crippen LogP contribution in [0.15, 0.2) is 42.5 Å². The van der Waals surface area contributed by atoms with Crippen LogP contribution < -0.4 is 10.2 Å². The van der Waals surface area contributed by atoms with Gasteiger partial charge in [0.05, 0.1) is 22.7 Å². The van der Waals surface area contributed by atoms with E-state index in [0.717, 1.165) is 70.0 Å². The van der Waals surface area contributed by atoms with Crippen LogP contribution in [0.2, 0.25) is 10.0 Å². The van der Waals surface area contributed by atoms with Gasteiger partial charge >= 0.3 is 0 Å². The number of ketones is 1. The van der Waals surface area contributed by atoms with Crippen molar-refractivity contribution in [1.82, 2.24) is 10.2 Å². The molecular formula is C35H48Cl2N2O6P-. The average molecular weight is 695 g/mol. The number of nitrogens with one attached hydrogen (secondary N) is 1. The Kier molecular flexibility index (Phi) is 16.3. The maximum absolute atomic E-state index is 13.1. The summed E-state index contributed by atoms with van der Waals surface area (Å²) in [5.41, 5.74) is 3.55. The molecule has 0 bridgehead atoms. The van der Waals surface area contributed by atoms with Crippen molar-refractivity contribution in [1.29, 1.82) is 0 Å². The molecule has 3 rings (SSSR count). The normalized spacial score (nSPS) is 17.2. The summed E-state index contributed by atoms with van der Waals surface area (Å²) in [5.74, 6) is 0.314. The first-order chi connectivity index (χ1) is 22.0. The molecule has 254 valence electrons. The van der Waals surface area contributed by atoms with Gasteiger partial charge in [0, 0.05) is 51.9 Å². The Bertz CT molecular complexity index is 1350.